The van der Waals surface area contributed by atoms with Crippen molar-refractivity contribution in [2.45, 2.75) is 25.4 Å². The fourth-order valence-corrected chi connectivity index (χ4v) is 2.67. The van der Waals surface area contributed by atoms with Crippen molar-refractivity contribution in [1.29, 1.82) is 0 Å². The van der Waals surface area contributed by atoms with Crippen LogP contribution in [0.1, 0.15) is 34.1 Å². The van der Waals surface area contributed by atoms with Crippen molar-refractivity contribution in [2.75, 3.05) is 5.32 Å². The first-order valence-electron chi connectivity index (χ1n) is 6.31. The molecule has 21 heavy (non-hydrogen) atoms. The van der Waals surface area contributed by atoms with Crippen molar-refractivity contribution < 1.29 is 18.3 Å². The molecular weight excluding hydrogens is 300 g/mol. The van der Waals surface area contributed by atoms with Gasteiger partial charge in [-0.1, -0.05) is 17.4 Å². The molecule has 110 valence electrons. The lowest BCUT2D eigenvalue weighted by Crippen LogP contribution is -2.12. The normalized spacial score (nSPS) is 14.2. The molecule has 1 fully saturated rings. The number of rotatable bonds is 5. The van der Waals surface area contributed by atoms with Crippen molar-refractivity contribution in [3.8, 4) is 5.75 Å². The number of nitrogens with zero attached hydrogens (tertiary/aromatic N) is 2. The Hall–Kier alpha value is -2.09. The molecule has 1 N–H and O–H groups in total. The third-order valence-corrected chi connectivity index (χ3v) is 3.91. The average molecular weight is 311 g/mol. The van der Waals surface area contributed by atoms with Gasteiger partial charge in [0.25, 0.3) is 5.91 Å². The molecule has 1 heterocycles. The van der Waals surface area contributed by atoms with Crippen LogP contribution in [-0.4, -0.2) is 22.7 Å². The molecule has 1 aliphatic rings. The number of hydrogen-bond donors (Lipinski definition) is 1. The molecule has 1 amide bonds. The minimum absolute atomic E-state index is 0.0615. The molecule has 3 rings (SSSR count). The first-order chi connectivity index (χ1) is 10.1. The van der Waals surface area contributed by atoms with Gasteiger partial charge in [0.2, 0.25) is 5.13 Å². The summed E-state index contributed by atoms with van der Waals surface area (Å²) in [5.41, 5.74) is 0.219. The number of anilines is 1. The molecule has 0 bridgehead atoms. The monoisotopic (exact) mass is 311 g/mol. The molecular formula is C13H11F2N3O2S. The van der Waals surface area contributed by atoms with Crippen LogP contribution in [0.4, 0.5) is 13.9 Å². The van der Waals surface area contributed by atoms with Crippen LogP contribution < -0.4 is 10.1 Å². The second-order valence-electron chi connectivity index (χ2n) is 4.58. The fraction of sp³-hybridized carbons (Fsp3) is 0.308. The highest BCUT2D eigenvalue weighted by molar-refractivity contribution is 7.15. The van der Waals surface area contributed by atoms with Gasteiger partial charge in [-0.2, -0.15) is 8.78 Å². The molecule has 1 saturated carbocycles. The number of alkyl halides is 2. The van der Waals surface area contributed by atoms with E-state index in [0.717, 1.165) is 17.8 Å². The Morgan fingerprint density at radius 3 is 2.90 bits per heavy atom. The van der Waals surface area contributed by atoms with Gasteiger partial charge in [0.05, 0.1) is 0 Å². The second-order valence-corrected chi connectivity index (χ2v) is 5.59. The Balaban J connectivity index is 1.68. The Bertz CT molecular complexity index is 658. The maximum atomic E-state index is 12.1. The smallest absolute Gasteiger partial charge is 0.387 e. The zero-order chi connectivity index (χ0) is 14.8. The molecule has 0 unspecified atom stereocenters. The molecule has 2 aromatic rings. The third-order valence-electron chi connectivity index (χ3n) is 2.91. The van der Waals surface area contributed by atoms with E-state index in [1.807, 2.05) is 0 Å². The van der Waals surface area contributed by atoms with Crippen LogP contribution in [0, 0.1) is 0 Å². The molecule has 8 heteroatoms. The van der Waals surface area contributed by atoms with E-state index in [4.69, 9.17) is 0 Å². The molecule has 1 aromatic heterocycles. The first-order valence-corrected chi connectivity index (χ1v) is 7.13. The summed E-state index contributed by atoms with van der Waals surface area (Å²) < 4.78 is 28.6. The third kappa shape index (κ3) is 3.52. The molecule has 0 spiro atoms. The van der Waals surface area contributed by atoms with Gasteiger partial charge < -0.3 is 4.74 Å². The first kappa shape index (κ1) is 13.9. The minimum atomic E-state index is -2.92. The van der Waals surface area contributed by atoms with Crippen LogP contribution in [0.2, 0.25) is 0 Å². The van der Waals surface area contributed by atoms with Gasteiger partial charge in [-0.25, -0.2) is 0 Å². The van der Waals surface area contributed by atoms with E-state index in [2.05, 4.69) is 20.3 Å². The van der Waals surface area contributed by atoms with Crippen LogP contribution in [0.25, 0.3) is 0 Å². The number of halogens is 2. The quantitative estimate of drug-likeness (QED) is 0.920. The molecule has 1 aromatic carbocycles. The number of hydrogen-bond acceptors (Lipinski definition) is 5. The van der Waals surface area contributed by atoms with Gasteiger partial charge in [-0.3, -0.25) is 10.1 Å². The summed E-state index contributed by atoms with van der Waals surface area (Å²) in [4.78, 5) is 12.0. The summed E-state index contributed by atoms with van der Waals surface area (Å²) in [6.45, 7) is -2.92. The van der Waals surface area contributed by atoms with E-state index in [1.54, 1.807) is 0 Å². The summed E-state index contributed by atoms with van der Waals surface area (Å²) in [6.07, 6.45) is 2.21. The number of nitrogens with one attached hydrogen (secondary N) is 1. The van der Waals surface area contributed by atoms with Crippen LogP contribution in [0.15, 0.2) is 24.3 Å². The van der Waals surface area contributed by atoms with Gasteiger partial charge in [0.1, 0.15) is 10.8 Å². The maximum Gasteiger partial charge on any atom is 0.387 e. The van der Waals surface area contributed by atoms with E-state index in [0.29, 0.717) is 11.0 Å². The Morgan fingerprint density at radius 2 is 2.19 bits per heavy atom. The maximum absolute atomic E-state index is 12.1. The number of ether oxygens (including phenoxy) is 1. The summed E-state index contributed by atoms with van der Waals surface area (Å²) >= 11 is 1.34. The van der Waals surface area contributed by atoms with E-state index >= 15 is 0 Å². The number of benzene rings is 1. The highest BCUT2D eigenvalue weighted by Crippen LogP contribution is 2.42. The molecule has 0 saturated heterocycles. The van der Waals surface area contributed by atoms with Gasteiger partial charge in [0.15, 0.2) is 0 Å². The summed E-state index contributed by atoms with van der Waals surface area (Å²) in [5.74, 6) is -0.0299. The van der Waals surface area contributed by atoms with E-state index < -0.39 is 12.5 Å². The van der Waals surface area contributed by atoms with Crippen molar-refractivity contribution in [3.05, 3.63) is 34.8 Å². The van der Waals surface area contributed by atoms with Crippen molar-refractivity contribution in [1.82, 2.24) is 10.2 Å². The lowest BCUT2D eigenvalue weighted by molar-refractivity contribution is -0.0498. The second kappa shape index (κ2) is 5.72. The molecule has 5 nitrogen and oxygen atoms in total. The summed E-state index contributed by atoms with van der Waals surface area (Å²) in [7, 11) is 0. The topological polar surface area (TPSA) is 64.1 Å². The molecule has 0 atom stereocenters. The van der Waals surface area contributed by atoms with Crippen molar-refractivity contribution in [2.24, 2.45) is 0 Å². The predicted octanol–water partition coefficient (Wildman–Crippen LogP) is 3.27. The van der Waals surface area contributed by atoms with Crippen LogP contribution in [0.3, 0.4) is 0 Å². The fourth-order valence-electron chi connectivity index (χ4n) is 1.76. The van der Waals surface area contributed by atoms with Gasteiger partial charge >= 0.3 is 6.61 Å². The molecule has 0 aliphatic heterocycles. The van der Waals surface area contributed by atoms with Gasteiger partial charge in [0, 0.05) is 11.5 Å². The van der Waals surface area contributed by atoms with Crippen molar-refractivity contribution in [3.63, 3.8) is 0 Å². The lowest BCUT2D eigenvalue weighted by atomic mass is 10.2. The number of aromatic nitrogens is 2. The summed E-state index contributed by atoms with van der Waals surface area (Å²) in [6, 6.07) is 5.60. The Kier molecular flexibility index (Phi) is 3.78. The number of carbonyl (C=O) groups excluding carboxylic acids is 1. The number of carbonyl (C=O) groups is 1. The van der Waals surface area contributed by atoms with Crippen LogP contribution in [-0.2, 0) is 0 Å². The highest BCUT2D eigenvalue weighted by Gasteiger charge is 2.27. The Morgan fingerprint density at radius 1 is 1.38 bits per heavy atom. The summed E-state index contributed by atoms with van der Waals surface area (Å²) in [5, 5.41) is 11.8. The standard InChI is InChI=1S/C13H11F2N3O2S/c14-12(15)20-9-3-1-2-8(6-9)10(19)16-13-18-17-11(21-13)7-4-5-7/h1-3,6-7,12H,4-5H2,(H,16,18,19). The highest BCUT2D eigenvalue weighted by atomic mass is 32.1. The van der Waals surface area contributed by atoms with Gasteiger partial charge in [-0.05, 0) is 31.0 Å². The van der Waals surface area contributed by atoms with Crippen molar-refractivity contribution >= 4 is 22.4 Å². The van der Waals surface area contributed by atoms with Crippen LogP contribution in [0.5, 0.6) is 5.75 Å². The SMILES string of the molecule is O=C(Nc1nnc(C2CC2)s1)c1cccc(OC(F)F)c1. The van der Waals surface area contributed by atoms with E-state index in [9.17, 15) is 13.6 Å². The predicted molar refractivity (Wildman–Crippen MR) is 72.9 cm³/mol. The van der Waals surface area contributed by atoms with Gasteiger partial charge in [-0.15, -0.1) is 10.2 Å². The average Bonchev–Trinajstić information content (AvgIpc) is 3.19. The minimum Gasteiger partial charge on any atom is -0.435 e. The van der Waals surface area contributed by atoms with E-state index in [1.165, 1.54) is 35.6 Å². The van der Waals surface area contributed by atoms with E-state index in [-0.39, 0.29) is 11.3 Å². The molecule has 0 radical (unpaired) electrons. The zero-order valence-electron chi connectivity index (χ0n) is 10.8. The number of amides is 1. The zero-order valence-corrected chi connectivity index (χ0v) is 11.6. The van der Waals surface area contributed by atoms with Crippen LogP contribution >= 0.6 is 11.3 Å². The Labute approximate surface area is 123 Å². The lowest BCUT2D eigenvalue weighted by Gasteiger charge is -2.06. The molecule has 1 aliphatic carbocycles. The largest absolute Gasteiger partial charge is 0.435 e.